The van der Waals surface area contributed by atoms with Gasteiger partial charge in [-0.3, -0.25) is 9.59 Å². The molecule has 0 unspecified atom stereocenters. The maximum Gasteiger partial charge on any atom is 0.259 e. The SMILES string of the molecule is COc1ccc(NC(=O)CCCc2nc(-c3cc4cc(C)ccc4[nH]c3=O)no2)c(OC)c1. The van der Waals surface area contributed by atoms with Gasteiger partial charge in [-0.1, -0.05) is 16.8 Å². The number of rotatable bonds is 8. The Morgan fingerprint density at radius 2 is 1.97 bits per heavy atom. The first-order valence-corrected chi connectivity index (χ1v) is 10.5. The zero-order valence-corrected chi connectivity index (χ0v) is 18.6. The van der Waals surface area contributed by atoms with E-state index in [1.807, 2.05) is 25.1 Å². The third-order valence-corrected chi connectivity index (χ3v) is 5.19. The van der Waals surface area contributed by atoms with Gasteiger partial charge in [0.2, 0.25) is 17.6 Å². The number of H-pyrrole nitrogens is 1. The Kier molecular flexibility index (Phi) is 6.39. The first kappa shape index (κ1) is 22.1. The van der Waals surface area contributed by atoms with E-state index in [9.17, 15) is 9.59 Å². The van der Waals surface area contributed by atoms with E-state index in [4.69, 9.17) is 14.0 Å². The van der Waals surface area contributed by atoms with Crippen LogP contribution in [0.15, 0.2) is 51.8 Å². The van der Waals surface area contributed by atoms with Crippen molar-refractivity contribution < 1.29 is 18.8 Å². The molecule has 2 aromatic carbocycles. The fraction of sp³-hybridized carbons (Fsp3) is 0.250. The van der Waals surface area contributed by atoms with Crippen molar-refractivity contribution in [3.05, 3.63) is 64.3 Å². The molecule has 0 radical (unpaired) electrons. The van der Waals surface area contributed by atoms with Gasteiger partial charge in [-0.25, -0.2) is 0 Å². The third kappa shape index (κ3) is 5.03. The van der Waals surface area contributed by atoms with Gasteiger partial charge in [-0.05, 0) is 49.1 Å². The van der Waals surface area contributed by atoms with Gasteiger partial charge >= 0.3 is 0 Å². The summed E-state index contributed by atoms with van der Waals surface area (Å²) in [5, 5.41) is 7.66. The second-order valence-electron chi connectivity index (χ2n) is 7.58. The number of aromatic amines is 1. The third-order valence-electron chi connectivity index (χ3n) is 5.19. The van der Waals surface area contributed by atoms with Crippen LogP contribution in [0, 0.1) is 6.92 Å². The lowest BCUT2D eigenvalue weighted by Crippen LogP contribution is -2.12. The van der Waals surface area contributed by atoms with Crippen LogP contribution in [0.5, 0.6) is 11.5 Å². The van der Waals surface area contributed by atoms with Gasteiger partial charge in [0, 0.05) is 24.4 Å². The minimum atomic E-state index is -0.286. The maximum absolute atomic E-state index is 12.4. The molecule has 4 rings (SSSR count). The molecule has 0 aliphatic carbocycles. The molecule has 2 heterocycles. The number of benzene rings is 2. The van der Waals surface area contributed by atoms with Crippen LogP contribution in [-0.4, -0.2) is 35.3 Å². The van der Waals surface area contributed by atoms with E-state index in [-0.39, 0.29) is 23.7 Å². The fourth-order valence-electron chi connectivity index (χ4n) is 3.47. The van der Waals surface area contributed by atoms with Crippen molar-refractivity contribution >= 4 is 22.5 Å². The lowest BCUT2D eigenvalue weighted by atomic mass is 10.1. The second kappa shape index (κ2) is 9.56. The minimum absolute atomic E-state index is 0.167. The van der Waals surface area contributed by atoms with Crippen LogP contribution in [0.1, 0.15) is 24.3 Å². The normalized spacial score (nSPS) is 10.9. The minimum Gasteiger partial charge on any atom is -0.497 e. The number of nitrogens with zero attached hydrogens (tertiary/aromatic N) is 2. The van der Waals surface area contributed by atoms with E-state index in [1.54, 1.807) is 31.4 Å². The van der Waals surface area contributed by atoms with Gasteiger partial charge < -0.3 is 24.3 Å². The van der Waals surface area contributed by atoms with Crippen LogP contribution in [0.4, 0.5) is 5.69 Å². The number of nitrogens with one attached hydrogen (secondary N) is 2. The first-order chi connectivity index (χ1) is 16.0. The highest BCUT2D eigenvalue weighted by atomic mass is 16.5. The average Bonchev–Trinajstić information content (AvgIpc) is 3.27. The maximum atomic E-state index is 12.4. The molecule has 0 saturated carbocycles. The van der Waals surface area contributed by atoms with E-state index >= 15 is 0 Å². The number of hydrogen-bond donors (Lipinski definition) is 2. The lowest BCUT2D eigenvalue weighted by Gasteiger charge is -2.11. The van der Waals surface area contributed by atoms with E-state index in [1.165, 1.54) is 7.11 Å². The molecular formula is C24H24N4O5. The number of fused-ring (bicyclic) bond motifs is 1. The highest BCUT2D eigenvalue weighted by Gasteiger charge is 2.14. The van der Waals surface area contributed by atoms with Gasteiger partial charge in [0.1, 0.15) is 11.5 Å². The number of amides is 1. The summed E-state index contributed by atoms with van der Waals surface area (Å²) in [4.78, 5) is 32.0. The number of ether oxygens (including phenoxy) is 2. The summed E-state index contributed by atoms with van der Waals surface area (Å²) in [6.45, 7) is 1.98. The van der Waals surface area contributed by atoms with E-state index in [2.05, 4.69) is 20.4 Å². The molecule has 0 spiro atoms. The quantitative estimate of drug-likeness (QED) is 0.420. The summed E-state index contributed by atoms with van der Waals surface area (Å²) in [6, 6.07) is 12.7. The Morgan fingerprint density at radius 3 is 2.76 bits per heavy atom. The van der Waals surface area contributed by atoms with E-state index < -0.39 is 0 Å². The zero-order valence-electron chi connectivity index (χ0n) is 18.6. The number of aryl methyl sites for hydroxylation is 2. The average molecular weight is 448 g/mol. The van der Waals surface area contributed by atoms with Crippen LogP contribution in [-0.2, 0) is 11.2 Å². The predicted octanol–water partition coefficient (Wildman–Crippen LogP) is 3.87. The Bertz CT molecular complexity index is 1360. The van der Waals surface area contributed by atoms with Crippen molar-refractivity contribution in [2.45, 2.75) is 26.2 Å². The van der Waals surface area contributed by atoms with Gasteiger partial charge in [0.15, 0.2) is 0 Å². The number of anilines is 1. The van der Waals surface area contributed by atoms with Crippen molar-refractivity contribution in [1.82, 2.24) is 15.1 Å². The van der Waals surface area contributed by atoms with Crippen LogP contribution in [0.3, 0.4) is 0 Å². The molecule has 9 nitrogen and oxygen atoms in total. The molecule has 0 aliphatic heterocycles. The van der Waals surface area contributed by atoms with E-state index in [0.29, 0.717) is 41.5 Å². The summed E-state index contributed by atoms with van der Waals surface area (Å²) < 4.78 is 15.7. The molecule has 0 aliphatic rings. The molecule has 0 atom stereocenters. The number of methoxy groups -OCH3 is 2. The van der Waals surface area contributed by atoms with Gasteiger partial charge in [0.25, 0.3) is 5.56 Å². The molecule has 2 aromatic heterocycles. The van der Waals surface area contributed by atoms with Crippen LogP contribution < -0.4 is 20.3 Å². The largest absolute Gasteiger partial charge is 0.497 e. The van der Waals surface area contributed by atoms with Gasteiger partial charge in [-0.15, -0.1) is 0 Å². The number of carbonyl (C=O) groups is 1. The molecule has 33 heavy (non-hydrogen) atoms. The summed E-state index contributed by atoms with van der Waals surface area (Å²) in [5.41, 5.74) is 2.45. The van der Waals surface area contributed by atoms with Gasteiger partial charge in [0.05, 0.1) is 25.5 Å². The number of aromatic nitrogens is 3. The first-order valence-electron chi connectivity index (χ1n) is 10.5. The Labute approximate surface area is 189 Å². The van der Waals surface area contributed by atoms with E-state index in [0.717, 1.165) is 16.5 Å². The highest BCUT2D eigenvalue weighted by molar-refractivity contribution is 5.92. The Morgan fingerprint density at radius 1 is 1.12 bits per heavy atom. The molecule has 0 bridgehead atoms. The van der Waals surface area contributed by atoms with Gasteiger partial charge in [-0.2, -0.15) is 4.98 Å². The fourth-order valence-corrected chi connectivity index (χ4v) is 3.47. The molecule has 170 valence electrons. The summed E-state index contributed by atoms with van der Waals surface area (Å²) in [6.07, 6.45) is 1.16. The van der Waals surface area contributed by atoms with Crippen molar-refractivity contribution in [3.8, 4) is 22.9 Å². The Hall–Kier alpha value is -4.14. The standard InChI is InChI=1S/C24H24N4O5/c1-14-7-9-18-15(11-14)12-17(24(30)26-18)23-27-22(33-28-23)6-4-5-21(29)25-19-10-8-16(31-2)13-20(19)32-3/h7-13H,4-6H2,1-3H3,(H,25,29)(H,26,30). The summed E-state index contributed by atoms with van der Waals surface area (Å²) in [5.74, 6) is 1.57. The Balaban J connectivity index is 1.38. The second-order valence-corrected chi connectivity index (χ2v) is 7.58. The molecule has 0 fully saturated rings. The molecular weight excluding hydrogens is 424 g/mol. The van der Waals surface area contributed by atoms with Crippen molar-refractivity contribution in [1.29, 1.82) is 0 Å². The summed E-state index contributed by atoms with van der Waals surface area (Å²) >= 11 is 0. The topological polar surface area (TPSA) is 119 Å². The van der Waals surface area contributed by atoms with Crippen molar-refractivity contribution in [3.63, 3.8) is 0 Å². The van der Waals surface area contributed by atoms with Crippen LogP contribution >= 0.6 is 0 Å². The monoisotopic (exact) mass is 448 g/mol. The number of hydrogen-bond acceptors (Lipinski definition) is 7. The molecule has 1 amide bonds. The summed E-state index contributed by atoms with van der Waals surface area (Å²) in [7, 11) is 3.09. The van der Waals surface area contributed by atoms with Crippen LogP contribution in [0.25, 0.3) is 22.3 Å². The smallest absolute Gasteiger partial charge is 0.259 e. The molecule has 0 saturated heterocycles. The molecule has 9 heteroatoms. The highest BCUT2D eigenvalue weighted by Crippen LogP contribution is 2.29. The van der Waals surface area contributed by atoms with Crippen molar-refractivity contribution in [2.75, 3.05) is 19.5 Å². The lowest BCUT2D eigenvalue weighted by molar-refractivity contribution is -0.116. The molecule has 4 aromatic rings. The van der Waals surface area contributed by atoms with Crippen molar-refractivity contribution in [2.24, 2.45) is 0 Å². The molecule has 2 N–H and O–H groups in total. The number of pyridine rings is 1. The predicted molar refractivity (Wildman–Crippen MR) is 124 cm³/mol. The zero-order chi connectivity index (χ0) is 23.4. The van der Waals surface area contributed by atoms with Crippen LogP contribution in [0.2, 0.25) is 0 Å². The number of carbonyl (C=O) groups excluding carboxylic acids is 1.